The molecule has 270 valence electrons. The predicted molar refractivity (Wildman–Crippen MR) is 210 cm³/mol. The number of ether oxygens (including phenoxy) is 1. The Kier molecular flexibility index (Phi) is 22.8. The number of allylic oxidation sites excluding steroid dienone is 2. The van der Waals surface area contributed by atoms with Crippen LogP contribution in [0.2, 0.25) is 0 Å². The maximum Gasteiger partial charge on any atom is 0.315 e. The molecule has 10 heteroatoms. The fourth-order valence-corrected chi connectivity index (χ4v) is 5.35. The molecule has 1 N–H and O–H groups in total. The first kappa shape index (κ1) is 44.0. The van der Waals surface area contributed by atoms with E-state index in [0.29, 0.717) is 24.1 Å². The highest BCUT2D eigenvalue weighted by atomic mass is 79.9. The molecule has 0 radical (unpaired) electrons. The van der Waals surface area contributed by atoms with Crippen molar-refractivity contribution in [2.45, 2.75) is 79.1 Å². The van der Waals surface area contributed by atoms with Crippen molar-refractivity contribution in [1.82, 2.24) is 5.32 Å². The van der Waals surface area contributed by atoms with Crippen molar-refractivity contribution < 1.29 is 24.0 Å². The summed E-state index contributed by atoms with van der Waals surface area (Å²) in [7, 11) is 0. The number of ketones is 1. The van der Waals surface area contributed by atoms with E-state index in [1.165, 1.54) is 57.1 Å². The lowest BCUT2D eigenvalue weighted by molar-refractivity contribution is -0.385. The molecule has 1 aliphatic carbocycles. The monoisotopic (exact) mass is 766 g/mol. The molecule has 0 saturated heterocycles. The average molecular weight is 768 g/mol. The number of halogens is 1. The molecular formula is C40H51BrN2O6S. The van der Waals surface area contributed by atoms with Gasteiger partial charge < -0.3 is 10.1 Å². The lowest BCUT2D eigenvalue weighted by Gasteiger charge is -2.13. The van der Waals surface area contributed by atoms with Gasteiger partial charge in [0.2, 0.25) is 12.2 Å². The number of carbonyl (C=O) groups is 3. The van der Waals surface area contributed by atoms with Gasteiger partial charge in [-0.05, 0) is 73.9 Å². The first-order valence-corrected chi connectivity index (χ1v) is 18.5. The molecule has 0 spiro atoms. The molecule has 1 fully saturated rings. The number of nitrogens with one attached hydrogen (secondary N) is 1. The number of rotatable bonds is 10. The fraction of sp³-hybridized carbons (Fsp3) is 0.375. The molecule has 4 rings (SSSR count). The number of carbonyl (C=O) groups excluding carboxylic acids is 3. The number of aryl methyl sites for hydroxylation is 1. The number of hydrogen-bond acceptors (Lipinski definition) is 7. The van der Waals surface area contributed by atoms with Crippen LogP contribution < -0.4 is 10.1 Å². The number of amides is 1. The van der Waals surface area contributed by atoms with Crippen molar-refractivity contribution in [2.24, 2.45) is 5.92 Å². The van der Waals surface area contributed by atoms with Crippen LogP contribution in [0.5, 0.6) is 5.75 Å². The fourth-order valence-electron chi connectivity index (χ4n) is 5.09. The summed E-state index contributed by atoms with van der Waals surface area (Å²) in [4.78, 5) is 45.6. The number of benzene rings is 3. The van der Waals surface area contributed by atoms with Gasteiger partial charge in [0.05, 0.1) is 11.3 Å². The maximum atomic E-state index is 12.7. The first-order valence-electron chi connectivity index (χ1n) is 16.8. The molecule has 3 aromatic rings. The third-order valence-corrected chi connectivity index (χ3v) is 8.36. The van der Waals surface area contributed by atoms with Crippen molar-refractivity contribution in [3.05, 3.63) is 127 Å². The summed E-state index contributed by atoms with van der Waals surface area (Å²) in [6.07, 6.45) is 18.7. The van der Waals surface area contributed by atoms with Crippen LogP contribution in [0.1, 0.15) is 92.8 Å². The third kappa shape index (κ3) is 17.1. The van der Waals surface area contributed by atoms with Gasteiger partial charge in [0.15, 0.2) is 5.78 Å². The summed E-state index contributed by atoms with van der Waals surface area (Å²) in [6.45, 7) is 8.70. The number of nitro groups is 1. The van der Waals surface area contributed by atoms with Crippen LogP contribution in [0.15, 0.2) is 95.0 Å². The molecule has 8 nitrogen and oxygen atoms in total. The van der Waals surface area contributed by atoms with E-state index < -0.39 is 16.6 Å². The van der Waals surface area contributed by atoms with Crippen molar-refractivity contribution in [3.63, 3.8) is 0 Å². The lowest BCUT2D eigenvalue weighted by Crippen LogP contribution is -2.13. The maximum absolute atomic E-state index is 12.7. The molecular weight excluding hydrogens is 716 g/mol. The zero-order valence-electron chi connectivity index (χ0n) is 29.8. The van der Waals surface area contributed by atoms with Crippen molar-refractivity contribution in [2.75, 3.05) is 12.8 Å². The van der Waals surface area contributed by atoms with E-state index in [0.717, 1.165) is 27.6 Å². The Hall–Kier alpha value is -4.02. The Morgan fingerprint density at radius 3 is 2.16 bits per heavy atom. The second-order valence-electron chi connectivity index (χ2n) is 11.7. The Balaban J connectivity index is 0.000000485. The van der Waals surface area contributed by atoms with E-state index in [4.69, 9.17) is 4.74 Å². The summed E-state index contributed by atoms with van der Waals surface area (Å²) >= 11 is 6.84. The normalized spacial score (nSPS) is 13.1. The summed E-state index contributed by atoms with van der Waals surface area (Å²) in [5.41, 5.74) is 2.78. The number of nitro benzene ring substituents is 1. The Morgan fingerprint density at radius 1 is 0.980 bits per heavy atom. The van der Waals surface area contributed by atoms with Gasteiger partial charge in [-0.15, -0.1) is 0 Å². The second kappa shape index (κ2) is 25.9. The summed E-state index contributed by atoms with van der Waals surface area (Å²) < 4.78 is 6.08. The molecule has 0 aromatic heterocycles. The van der Waals surface area contributed by atoms with Crippen LogP contribution in [0.25, 0.3) is 0 Å². The zero-order chi connectivity index (χ0) is 37.3. The quantitative estimate of drug-likeness (QED) is 0.0310. The Bertz CT molecular complexity index is 1550. The molecule has 0 aliphatic heterocycles. The van der Waals surface area contributed by atoms with Gasteiger partial charge in [0.1, 0.15) is 0 Å². The van der Waals surface area contributed by atoms with E-state index in [2.05, 4.69) is 40.8 Å². The third-order valence-electron chi connectivity index (χ3n) is 7.83. The van der Waals surface area contributed by atoms with Gasteiger partial charge in [0, 0.05) is 28.2 Å². The summed E-state index contributed by atoms with van der Waals surface area (Å²) in [5.74, 6) is -0.143. The molecule has 3 aromatic carbocycles. The van der Waals surface area contributed by atoms with Crippen molar-refractivity contribution in [3.8, 4) is 5.75 Å². The van der Waals surface area contributed by atoms with Crippen LogP contribution in [0, 0.1) is 23.0 Å². The minimum absolute atomic E-state index is 0.0334. The first-order chi connectivity index (χ1) is 24.1. The van der Waals surface area contributed by atoms with Gasteiger partial charge in [0.25, 0.3) is 0 Å². The molecule has 0 bridgehead atoms. The standard InChI is InChI=1S/C22H16BrNO5.C9H18.C8H13NO.CH4S/c1-14-4-2-3-5-18(14)22(26)16-8-11-20(19(13-16)24(27)28)29-21(25)12-15-6-9-17(23)10-7-15;1-9-7-5-3-2-4-6-8-9;1-3-5-8(4-2)6-9-7-10;1-2/h2-11,13H,12H2,1H3;9H,2-8H2,1H3;3-5,7H,6H2,1-2H3,(H,9,10);2H,1H3/b;;5-3-,8-4+;. The summed E-state index contributed by atoms with van der Waals surface area (Å²) in [5, 5.41) is 14.1. The SMILES string of the molecule is C/C=C\C(=C/C)CNC=O.CC1CCCCCCC1.CS.Cc1ccccc1C(=O)c1ccc(OC(=O)Cc2ccc(Br)cc2)c([N+](=O)[O-])c1. The minimum atomic E-state index is -0.670. The van der Waals surface area contributed by atoms with Crippen LogP contribution in [-0.4, -0.2) is 35.9 Å². The number of thiol groups is 1. The Morgan fingerprint density at radius 2 is 1.60 bits per heavy atom. The van der Waals surface area contributed by atoms with Gasteiger partial charge in [-0.2, -0.15) is 12.6 Å². The van der Waals surface area contributed by atoms with Crippen molar-refractivity contribution in [1.29, 1.82) is 0 Å². The lowest BCUT2D eigenvalue weighted by atomic mass is 9.93. The number of esters is 1. The van der Waals surface area contributed by atoms with Crippen LogP contribution in [0.4, 0.5) is 5.69 Å². The molecule has 0 atom stereocenters. The Labute approximate surface area is 311 Å². The van der Waals surface area contributed by atoms with E-state index in [-0.39, 0.29) is 23.5 Å². The molecule has 0 unspecified atom stereocenters. The molecule has 0 heterocycles. The van der Waals surface area contributed by atoms with E-state index in [1.54, 1.807) is 55.6 Å². The van der Waals surface area contributed by atoms with Gasteiger partial charge in [-0.1, -0.05) is 122 Å². The van der Waals surface area contributed by atoms with E-state index >= 15 is 0 Å². The van der Waals surface area contributed by atoms with E-state index in [9.17, 15) is 24.5 Å². The van der Waals surface area contributed by atoms with Crippen LogP contribution in [-0.2, 0) is 16.0 Å². The highest BCUT2D eigenvalue weighted by molar-refractivity contribution is 9.10. The topological polar surface area (TPSA) is 116 Å². The van der Waals surface area contributed by atoms with Gasteiger partial charge in [-0.3, -0.25) is 24.5 Å². The molecule has 1 aliphatic rings. The average Bonchev–Trinajstić information content (AvgIpc) is 3.10. The van der Waals surface area contributed by atoms with Crippen molar-refractivity contribution >= 4 is 52.4 Å². The number of hydrogen-bond donors (Lipinski definition) is 2. The minimum Gasteiger partial charge on any atom is -0.419 e. The second-order valence-corrected chi connectivity index (χ2v) is 12.6. The summed E-state index contributed by atoms with van der Waals surface area (Å²) in [6, 6.07) is 17.9. The predicted octanol–water partition coefficient (Wildman–Crippen LogP) is 10.2. The number of nitrogens with zero attached hydrogens (tertiary/aromatic N) is 1. The van der Waals surface area contributed by atoms with Crippen LogP contribution >= 0.6 is 28.6 Å². The smallest absolute Gasteiger partial charge is 0.315 e. The highest BCUT2D eigenvalue weighted by Gasteiger charge is 2.22. The zero-order valence-corrected chi connectivity index (χ0v) is 32.3. The molecule has 1 amide bonds. The highest BCUT2D eigenvalue weighted by Crippen LogP contribution is 2.30. The van der Waals surface area contributed by atoms with Crippen LogP contribution in [0.3, 0.4) is 0 Å². The van der Waals surface area contributed by atoms with E-state index in [1.807, 2.05) is 38.1 Å². The molecule has 50 heavy (non-hydrogen) atoms. The molecule has 1 saturated carbocycles. The largest absolute Gasteiger partial charge is 0.419 e. The van der Waals surface area contributed by atoms with Gasteiger partial charge >= 0.3 is 11.7 Å². The van der Waals surface area contributed by atoms with Gasteiger partial charge in [-0.25, -0.2) is 0 Å².